The van der Waals surface area contributed by atoms with Crippen molar-refractivity contribution in [1.82, 2.24) is 0 Å². The monoisotopic (exact) mass is 168 g/mol. The Hall–Kier alpha value is -1.63. The van der Waals surface area contributed by atoms with Gasteiger partial charge in [-0.15, -0.1) is 6.42 Å². The Morgan fingerprint density at radius 1 is 1.67 bits per heavy atom. The van der Waals surface area contributed by atoms with E-state index in [4.69, 9.17) is 16.7 Å². The van der Waals surface area contributed by atoms with Gasteiger partial charge in [-0.2, -0.15) is 4.79 Å². The maximum atomic E-state index is 10.4. The lowest BCUT2D eigenvalue weighted by Crippen LogP contribution is -2.11. The number of ether oxygens (including phenoxy) is 2. The number of carbonyl (C=O) groups excluding carboxylic acids is 1. The molecule has 0 atom stereocenters. The van der Waals surface area contributed by atoms with Crippen LogP contribution in [0.15, 0.2) is 0 Å². The molecule has 0 saturated heterocycles. The van der Waals surface area contributed by atoms with Crippen LogP contribution in [0.5, 0.6) is 0 Å². The first-order chi connectivity index (χ1) is 5.81. The minimum atomic E-state index is -0.721. The van der Waals surface area contributed by atoms with Crippen molar-refractivity contribution in [2.75, 3.05) is 19.8 Å². The van der Waals surface area contributed by atoms with E-state index in [2.05, 4.69) is 15.4 Å². The molecule has 0 saturated carbocycles. The number of nitrogens with zero attached hydrogens (tertiary/aromatic N) is 2. The van der Waals surface area contributed by atoms with Crippen LogP contribution in [0, 0.1) is 12.3 Å². The van der Waals surface area contributed by atoms with Crippen LogP contribution in [-0.4, -0.2) is 36.8 Å². The van der Waals surface area contributed by atoms with E-state index < -0.39 is 5.97 Å². The van der Waals surface area contributed by atoms with Gasteiger partial charge in [0, 0.05) is 0 Å². The zero-order valence-corrected chi connectivity index (χ0v) is 6.40. The van der Waals surface area contributed by atoms with E-state index in [0.717, 1.165) is 0 Å². The van der Waals surface area contributed by atoms with Crippen molar-refractivity contribution in [2.45, 2.75) is 0 Å². The summed E-state index contributed by atoms with van der Waals surface area (Å²) in [5.41, 5.74) is 7.89. The third-order valence-corrected chi connectivity index (χ3v) is 0.821. The molecule has 64 valence electrons. The topological polar surface area (TPSA) is 71.9 Å². The van der Waals surface area contributed by atoms with Crippen LogP contribution in [0.1, 0.15) is 0 Å². The van der Waals surface area contributed by atoms with Crippen LogP contribution in [0.25, 0.3) is 5.53 Å². The first kappa shape index (κ1) is 10.4. The van der Waals surface area contributed by atoms with Crippen molar-refractivity contribution in [3.05, 3.63) is 5.53 Å². The Morgan fingerprint density at radius 2 is 2.42 bits per heavy atom. The van der Waals surface area contributed by atoms with E-state index in [-0.39, 0.29) is 19.8 Å². The highest BCUT2D eigenvalue weighted by Crippen LogP contribution is 1.77. The maximum Gasteiger partial charge on any atom is 0.413 e. The SMILES string of the molecule is C#CCOCCOC(=O)C=[N+]=[N-]. The molecular formula is C7H8N2O3. The fraction of sp³-hybridized carbons (Fsp3) is 0.429. The van der Waals surface area contributed by atoms with Gasteiger partial charge in [-0.1, -0.05) is 5.92 Å². The normalized spacial score (nSPS) is 7.92. The first-order valence-electron chi connectivity index (χ1n) is 3.16. The Kier molecular flexibility index (Phi) is 6.46. The average molecular weight is 168 g/mol. The molecule has 0 fully saturated rings. The van der Waals surface area contributed by atoms with Crippen molar-refractivity contribution >= 4 is 12.2 Å². The molecule has 12 heavy (non-hydrogen) atoms. The molecular weight excluding hydrogens is 160 g/mol. The fourth-order valence-electron chi connectivity index (χ4n) is 0.417. The van der Waals surface area contributed by atoms with Crippen LogP contribution in [0.2, 0.25) is 0 Å². The molecule has 0 aliphatic heterocycles. The summed E-state index contributed by atoms with van der Waals surface area (Å²) in [6.07, 6.45) is 5.54. The fourth-order valence-corrected chi connectivity index (χ4v) is 0.417. The number of esters is 1. The molecule has 0 aromatic carbocycles. The molecule has 0 rings (SSSR count). The van der Waals surface area contributed by atoms with Gasteiger partial charge >= 0.3 is 12.2 Å². The highest BCUT2D eigenvalue weighted by molar-refractivity contribution is 6.20. The zero-order chi connectivity index (χ0) is 9.23. The van der Waals surface area contributed by atoms with Crippen LogP contribution >= 0.6 is 0 Å². The Labute approximate surface area is 69.9 Å². The van der Waals surface area contributed by atoms with Crippen molar-refractivity contribution in [1.29, 1.82) is 0 Å². The van der Waals surface area contributed by atoms with Crippen LogP contribution < -0.4 is 0 Å². The smallest absolute Gasteiger partial charge is 0.413 e. The van der Waals surface area contributed by atoms with Gasteiger partial charge < -0.3 is 15.0 Å². The molecule has 0 aliphatic rings. The molecule has 0 amide bonds. The molecule has 5 heteroatoms. The highest BCUT2D eigenvalue weighted by atomic mass is 16.6. The minimum absolute atomic E-state index is 0.0898. The van der Waals surface area contributed by atoms with Crippen LogP contribution in [0.3, 0.4) is 0 Å². The molecule has 0 aliphatic carbocycles. The van der Waals surface area contributed by atoms with Gasteiger partial charge in [0.25, 0.3) is 0 Å². The van der Waals surface area contributed by atoms with E-state index in [9.17, 15) is 4.79 Å². The number of hydrogen-bond acceptors (Lipinski definition) is 3. The van der Waals surface area contributed by atoms with Crippen molar-refractivity contribution < 1.29 is 19.1 Å². The van der Waals surface area contributed by atoms with Crippen LogP contribution in [-0.2, 0) is 14.3 Å². The van der Waals surface area contributed by atoms with Crippen molar-refractivity contribution in [3.63, 3.8) is 0 Å². The number of rotatable bonds is 5. The molecule has 0 aromatic heterocycles. The van der Waals surface area contributed by atoms with E-state index in [1.54, 1.807) is 0 Å². The summed E-state index contributed by atoms with van der Waals surface area (Å²) in [6, 6.07) is 0. The molecule has 0 heterocycles. The summed E-state index contributed by atoms with van der Waals surface area (Å²) < 4.78 is 9.28. The zero-order valence-electron chi connectivity index (χ0n) is 6.40. The second-order valence-electron chi connectivity index (χ2n) is 1.67. The minimum Gasteiger partial charge on any atom is -0.455 e. The standard InChI is InChI=1S/C7H8N2O3/c1-2-3-11-4-5-12-7(10)6-9-8/h1,6H,3-5H2. The molecule has 0 N–H and O–H groups in total. The lowest BCUT2D eigenvalue weighted by molar-refractivity contribution is -0.140. The quantitative estimate of drug-likeness (QED) is 0.138. The van der Waals surface area contributed by atoms with E-state index in [1.807, 2.05) is 0 Å². The lowest BCUT2D eigenvalue weighted by atomic mass is 10.7. The number of hydrogen-bond donors (Lipinski definition) is 0. The molecule has 5 nitrogen and oxygen atoms in total. The van der Waals surface area contributed by atoms with Crippen LogP contribution in [0.4, 0.5) is 0 Å². The second-order valence-corrected chi connectivity index (χ2v) is 1.67. The first-order valence-corrected chi connectivity index (χ1v) is 3.16. The largest absolute Gasteiger partial charge is 0.455 e. The Balaban J connectivity index is 3.26. The van der Waals surface area contributed by atoms with E-state index >= 15 is 0 Å². The van der Waals surface area contributed by atoms with Gasteiger partial charge in [-0.25, -0.2) is 4.79 Å². The van der Waals surface area contributed by atoms with E-state index in [0.29, 0.717) is 6.21 Å². The van der Waals surface area contributed by atoms with Crippen molar-refractivity contribution in [2.24, 2.45) is 0 Å². The summed E-state index contributed by atoms with van der Waals surface area (Å²) in [6.45, 7) is 0.507. The summed E-state index contributed by atoms with van der Waals surface area (Å²) in [5, 5.41) is 0. The third-order valence-electron chi connectivity index (χ3n) is 0.821. The molecule has 0 spiro atoms. The summed E-state index contributed by atoms with van der Waals surface area (Å²) in [5.74, 6) is 1.53. The third kappa shape index (κ3) is 6.49. The predicted molar refractivity (Wildman–Crippen MR) is 40.3 cm³/mol. The van der Waals surface area contributed by atoms with Gasteiger partial charge in [0.2, 0.25) is 0 Å². The molecule has 0 bridgehead atoms. The Bertz CT molecular complexity index is 225. The summed E-state index contributed by atoms with van der Waals surface area (Å²) >= 11 is 0. The van der Waals surface area contributed by atoms with Gasteiger partial charge in [0.1, 0.15) is 13.2 Å². The highest BCUT2D eigenvalue weighted by Gasteiger charge is 2.01. The van der Waals surface area contributed by atoms with Gasteiger partial charge in [0.05, 0.1) is 6.61 Å². The predicted octanol–water partition coefficient (Wildman–Crippen LogP) is -0.520. The van der Waals surface area contributed by atoms with Crippen molar-refractivity contribution in [3.8, 4) is 12.3 Å². The average Bonchev–Trinajstić information content (AvgIpc) is 2.05. The van der Waals surface area contributed by atoms with E-state index in [1.165, 1.54) is 0 Å². The van der Waals surface area contributed by atoms with Gasteiger partial charge in [-0.05, 0) is 0 Å². The maximum absolute atomic E-state index is 10.4. The lowest BCUT2D eigenvalue weighted by Gasteiger charge is -1.98. The number of terminal acetylenes is 1. The molecule has 0 aromatic rings. The number of carbonyl (C=O) groups is 1. The van der Waals surface area contributed by atoms with Gasteiger partial charge in [-0.3, -0.25) is 0 Å². The second kappa shape index (κ2) is 7.48. The molecule has 0 unspecified atom stereocenters. The molecule has 0 radical (unpaired) electrons. The summed E-state index contributed by atoms with van der Waals surface area (Å²) in [4.78, 5) is 12.9. The summed E-state index contributed by atoms with van der Waals surface area (Å²) in [7, 11) is 0. The van der Waals surface area contributed by atoms with Gasteiger partial charge in [0.15, 0.2) is 0 Å². The Morgan fingerprint density at radius 3 is 3.00 bits per heavy atom.